The lowest BCUT2D eigenvalue weighted by Gasteiger charge is -2.35. The molecule has 0 radical (unpaired) electrons. The van der Waals surface area contributed by atoms with Crippen LogP contribution in [0.2, 0.25) is 0 Å². The van der Waals surface area contributed by atoms with Gasteiger partial charge in [0.15, 0.2) is 0 Å². The van der Waals surface area contributed by atoms with E-state index in [1.165, 1.54) is 38.8 Å². The van der Waals surface area contributed by atoms with Gasteiger partial charge >= 0.3 is 0 Å². The van der Waals surface area contributed by atoms with Gasteiger partial charge in [-0.3, -0.25) is 0 Å². The van der Waals surface area contributed by atoms with Crippen LogP contribution < -0.4 is 5.32 Å². The second-order valence-electron chi connectivity index (χ2n) is 6.46. The van der Waals surface area contributed by atoms with E-state index in [9.17, 15) is 0 Å². The molecule has 0 aliphatic carbocycles. The lowest BCUT2D eigenvalue weighted by atomic mass is 9.87. The largest absolute Gasteiger partial charge is 0.314 e. The molecular formula is C14H30N2. The first-order valence-corrected chi connectivity index (χ1v) is 6.85. The van der Waals surface area contributed by atoms with Crippen molar-refractivity contribution in [2.75, 3.05) is 20.1 Å². The summed E-state index contributed by atoms with van der Waals surface area (Å²) >= 11 is 0. The Morgan fingerprint density at radius 1 is 1.38 bits per heavy atom. The third-order valence-corrected chi connectivity index (χ3v) is 4.14. The van der Waals surface area contributed by atoms with Gasteiger partial charge < -0.3 is 10.2 Å². The van der Waals surface area contributed by atoms with E-state index in [2.05, 4.69) is 45.0 Å². The minimum atomic E-state index is 0.389. The molecule has 0 aromatic heterocycles. The number of hydrogen-bond acceptors (Lipinski definition) is 2. The maximum absolute atomic E-state index is 3.57. The summed E-state index contributed by atoms with van der Waals surface area (Å²) in [6.45, 7) is 11.8. The number of hydrogen-bond donors (Lipinski definition) is 1. The Bertz CT molecular complexity index is 189. The zero-order chi connectivity index (χ0) is 12.2. The third-order valence-electron chi connectivity index (χ3n) is 4.14. The van der Waals surface area contributed by atoms with E-state index in [1.54, 1.807) is 0 Å². The molecule has 2 unspecified atom stereocenters. The predicted molar refractivity (Wildman–Crippen MR) is 71.8 cm³/mol. The van der Waals surface area contributed by atoms with Crippen LogP contribution in [0, 0.1) is 5.41 Å². The molecule has 2 heteroatoms. The average molecular weight is 226 g/mol. The van der Waals surface area contributed by atoms with Gasteiger partial charge in [0.1, 0.15) is 0 Å². The molecule has 1 aliphatic heterocycles. The molecule has 0 aromatic rings. The second kappa shape index (κ2) is 6.02. The van der Waals surface area contributed by atoms with Gasteiger partial charge in [-0.1, -0.05) is 20.8 Å². The molecule has 0 bridgehead atoms. The van der Waals surface area contributed by atoms with Crippen molar-refractivity contribution >= 4 is 0 Å². The Morgan fingerprint density at radius 3 is 2.56 bits per heavy atom. The van der Waals surface area contributed by atoms with Crippen molar-refractivity contribution in [3.05, 3.63) is 0 Å². The molecule has 1 N–H and O–H groups in total. The molecule has 2 nitrogen and oxygen atoms in total. The van der Waals surface area contributed by atoms with Gasteiger partial charge in [-0.15, -0.1) is 0 Å². The van der Waals surface area contributed by atoms with E-state index in [1.807, 2.05) is 0 Å². The van der Waals surface area contributed by atoms with Gasteiger partial charge in [0.05, 0.1) is 0 Å². The zero-order valence-electron chi connectivity index (χ0n) is 11.8. The fourth-order valence-electron chi connectivity index (χ4n) is 2.45. The van der Waals surface area contributed by atoms with Crippen molar-refractivity contribution in [2.45, 2.75) is 65.5 Å². The van der Waals surface area contributed by atoms with Crippen LogP contribution in [0.3, 0.4) is 0 Å². The van der Waals surface area contributed by atoms with E-state index >= 15 is 0 Å². The van der Waals surface area contributed by atoms with Crippen LogP contribution in [0.1, 0.15) is 53.4 Å². The van der Waals surface area contributed by atoms with E-state index in [-0.39, 0.29) is 0 Å². The molecular weight excluding hydrogens is 196 g/mol. The van der Waals surface area contributed by atoms with Crippen LogP contribution in [0.4, 0.5) is 0 Å². The summed E-state index contributed by atoms with van der Waals surface area (Å²) in [6.07, 6.45) is 5.44. The van der Waals surface area contributed by atoms with Gasteiger partial charge in [0, 0.05) is 12.1 Å². The standard InChI is InChI=1S/C14H30N2/c1-12(14(2,3)4)16(5)11-7-9-13-8-6-10-15-13/h12-13,15H,6-11H2,1-5H3. The van der Waals surface area contributed by atoms with E-state index in [0.717, 1.165) is 6.04 Å². The highest BCUT2D eigenvalue weighted by molar-refractivity contribution is 4.78. The molecule has 96 valence electrons. The Balaban J connectivity index is 2.16. The highest BCUT2D eigenvalue weighted by Crippen LogP contribution is 2.23. The predicted octanol–water partition coefficient (Wildman–Crippen LogP) is 2.89. The summed E-state index contributed by atoms with van der Waals surface area (Å²) in [4.78, 5) is 2.51. The van der Waals surface area contributed by atoms with Crippen LogP contribution in [-0.4, -0.2) is 37.1 Å². The van der Waals surface area contributed by atoms with Crippen LogP contribution in [0.5, 0.6) is 0 Å². The number of rotatable bonds is 5. The molecule has 0 aromatic carbocycles. The molecule has 1 aliphatic rings. The minimum absolute atomic E-state index is 0.389. The molecule has 0 saturated carbocycles. The van der Waals surface area contributed by atoms with Gasteiger partial charge in [-0.2, -0.15) is 0 Å². The van der Waals surface area contributed by atoms with Crippen LogP contribution in [0.15, 0.2) is 0 Å². The Morgan fingerprint density at radius 2 is 2.06 bits per heavy atom. The maximum atomic E-state index is 3.57. The summed E-state index contributed by atoms with van der Waals surface area (Å²) in [5.41, 5.74) is 0.389. The average Bonchev–Trinajstić information content (AvgIpc) is 2.67. The van der Waals surface area contributed by atoms with Crippen LogP contribution in [0.25, 0.3) is 0 Å². The SMILES string of the molecule is CC(N(C)CCCC1CCCN1)C(C)(C)C. The molecule has 0 amide bonds. The Kier molecular flexibility index (Phi) is 5.26. The summed E-state index contributed by atoms with van der Waals surface area (Å²) < 4.78 is 0. The van der Waals surface area contributed by atoms with Crippen molar-refractivity contribution in [3.8, 4) is 0 Å². The lowest BCUT2D eigenvalue weighted by molar-refractivity contribution is 0.138. The molecule has 1 rings (SSSR count). The van der Waals surface area contributed by atoms with Crippen molar-refractivity contribution in [3.63, 3.8) is 0 Å². The van der Waals surface area contributed by atoms with Gasteiger partial charge in [-0.05, 0) is 58.2 Å². The molecule has 1 saturated heterocycles. The second-order valence-corrected chi connectivity index (χ2v) is 6.46. The topological polar surface area (TPSA) is 15.3 Å². The quantitative estimate of drug-likeness (QED) is 0.775. The summed E-state index contributed by atoms with van der Waals surface area (Å²) in [7, 11) is 2.26. The van der Waals surface area contributed by atoms with Gasteiger partial charge in [0.2, 0.25) is 0 Å². The Labute approximate surface area is 102 Å². The Hall–Kier alpha value is -0.0800. The van der Waals surface area contributed by atoms with Gasteiger partial charge in [-0.25, -0.2) is 0 Å². The van der Waals surface area contributed by atoms with Crippen molar-refractivity contribution in [1.29, 1.82) is 0 Å². The minimum Gasteiger partial charge on any atom is -0.314 e. The monoisotopic (exact) mass is 226 g/mol. The molecule has 0 spiro atoms. The van der Waals surface area contributed by atoms with Crippen LogP contribution >= 0.6 is 0 Å². The maximum Gasteiger partial charge on any atom is 0.0112 e. The first kappa shape index (κ1) is 14.0. The van der Waals surface area contributed by atoms with E-state index < -0.39 is 0 Å². The molecule has 1 heterocycles. The zero-order valence-corrected chi connectivity index (χ0v) is 11.8. The van der Waals surface area contributed by atoms with E-state index in [0.29, 0.717) is 11.5 Å². The summed E-state index contributed by atoms with van der Waals surface area (Å²) in [5, 5.41) is 3.57. The smallest absolute Gasteiger partial charge is 0.0112 e. The van der Waals surface area contributed by atoms with Gasteiger partial charge in [0.25, 0.3) is 0 Å². The molecule has 2 atom stereocenters. The fraction of sp³-hybridized carbons (Fsp3) is 1.00. The molecule has 1 fully saturated rings. The first-order valence-electron chi connectivity index (χ1n) is 6.85. The van der Waals surface area contributed by atoms with Crippen molar-refractivity contribution < 1.29 is 0 Å². The van der Waals surface area contributed by atoms with Crippen molar-refractivity contribution in [2.24, 2.45) is 5.41 Å². The third kappa shape index (κ3) is 4.42. The first-order chi connectivity index (χ1) is 7.41. The highest BCUT2D eigenvalue weighted by atomic mass is 15.1. The number of nitrogens with one attached hydrogen (secondary N) is 1. The normalized spacial score (nSPS) is 24.0. The summed E-state index contributed by atoms with van der Waals surface area (Å²) in [6, 6.07) is 1.46. The lowest BCUT2D eigenvalue weighted by Crippen LogP contribution is -2.40. The van der Waals surface area contributed by atoms with Crippen LogP contribution in [-0.2, 0) is 0 Å². The van der Waals surface area contributed by atoms with E-state index in [4.69, 9.17) is 0 Å². The number of nitrogens with zero attached hydrogens (tertiary/aromatic N) is 1. The fourth-order valence-corrected chi connectivity index (χ4v) is 2.45. The molecule has 16 heavy (non-hydrogen) atoms. The highest BCUT2D eigenvalue weighted by Gasteiger charge is 2.23. The van der Waals surface area contributed by atoms with Crippen molar-refractivity contribution in [1.82, 2.24) is 10.2 Å². The summed E-state index contributed by atoms with van der Waals surface area (Å²) in [5.74, 6) is 0.